The van der Waals surface area contributed by atoms with E-state index in [-0.39, 0.29) is 5.69 Å². The number of benzene rings is 2. The van der Waals surface area contributed by atoms with E-state index in [1.165, 1.54) is 6.07 Å². The first-order valence-corrected chi connectivity index (χ1v) is 7.50. The minimum absolute atomic E-state index is 0.0670. The zero-order chi connectivity index (χ0) is 15.2. The van der Waals surface area contributed by atoms with Gasteiger partial charge in [-0.2, -0.15) is 0 Å². The van der Waals surface area contributed by atoms with E-state index in [4.69, 9.17) is 9.47 Å². The first kappa shape index (κ1) is 15.3. The number of hydrogen-bond donors (Lipinski definition) is 0. The van der Waals surface area contributed by atoms with Gasteiger partial charge in [-0.15, -0.1) is 0 Å². The molecule has 0 unspecified atom stereocenters. The molecule has 0 aliphatic heterocycles. The summed E-state index contributed by atoms with van der Waals surface area (Å²) in [4.78, 5) is 10.5. The van der Waals surface area contributed by atoms with Gasteiger partial charge in [0.2, 0.25) is 0 Å². The van der Waals surface area contributed by atoms with Gasteiger partial charge in [0, 0.05) is 17.0 Å². The van der Waals surface area contributed by atoms with Gasteiger partial charge in [-0.25, -0.2) is 0 Å². The van der Waals surface area contributed by atoms with Gasteiger partial charge in [0.15, 0.2) is 11.5 Å². The van der Waals surface area contributed by atoms with Gasteiger partial charge in [-0.3, -0.25) is 10.1 Å². The highest BCUT2D eigenvalue weighted by atomic mass is 79.9. The molecule has 0 amide bonds. The first-order valence-electron chi connectivity index (χ1n) is 6.38. The van der Waals surface area contributed by atoms with Crippen molar-refractivity contribution in [1.29, 1.82) is 0 Å². The molecule has 0 radical (unpaired) electrons. The SMILES string of the molecule is CCOc1ccccc1Oc1ccc([N+](=O)[O-])c(CBr)c1. The Morgan fingerprint density at radius 3 is 2.52 bits per heavy atom. The molecule has 0 heterocycles. The summed E-state index contributed by atoms with van der Waals surface area (Å²) < 4.78 is 11.3. The van der Waals surface area contributed by atoms with E-state index in [0.29, 0.717) is 34.7 Å². The molecule has 2 aromatic carbocycles. The van der Waals surface area contributed by atoms with Crippen LogP contribution in [0.15, 0.2) is 42.5 Å². The lowest BCUT2D eigenvalue weighted by Crippen LogP contribution is -1.96. The van der Waals surface area contributed by atoms with Crippen LogP contribution < -0.4 is 9.47 Å². The van der Waals surface area contributed by atoms with E-state index in [0.717, 1.165) is 0 Å². The lowest BCUT2D eigenvalue weighted by atomic mass is 10.2. The average Bonchev–Trinajstić information content (AvgIpc) is 2.49. The highest BCUT2D eigenvalue weighted by Gasteiger charge is 2.14. The minimum atomic E-state index is -0.408. The fourth-order valence-corrected chi connectivity index (χ4v) is 2.30. The molecule has 6 heteroatoms. The van der Waals surface area contributed by atoms with Gasteiger partial charge in [-0.05, 0) is 31.2 Å². The number of para-hydroxylation sites is 2. The van der Waals surface area contributed by atoms with Crippen molar-refractivity contribution in [2.45, 2.75) is 12.3 Å². The highest BCUT2D eigenvalue weighted by Crippen LogP contribution is 2.33. The second kappa shape index (κ2) is 7.08. The number of halogens is 1. The fourth-order valence-electron chi connectivity index (χ4n) is 1.85. The van der Waals surface area contributed by atoms with Crippen LogP contribution in [0, 0.1) is 10.1 Å². The first-order chi connectivity index (χ1) is 10.2. The predicted octanol–water partition coefficient (Wildman–Crippen LogP) is 4.68. The third kappa shape index (κ3) is 3.72. The Balaban J connectivity index is 2.30. The molecular weight excluding hydrogens is 338 g/mol. The van der Waals surface area contributed by atoms with Crippen molar-refractivity contribution in [2.75, 3.05) is 6.61 Å². The molecule has 0 saturated heterocycles. The van der Waals surface area contributed by atoms with Gasteiger partial charge in [0.05, 0.1) is 11.5 Å². The van der Waals surface area contributed by atoms with Crippen LogP contribution in [0.4, 0.5) is 5.69 Å². The Bertz CT molecular complexity index is 645. The number of rotatable bonds is 6. The van der Waals surface area contributed by atoms with Crippen molar-refractivity contribution < 1.29 is 14.4 Å². The number of nitro benzene ring substituents is 1. The number of hydrogen-bond acceptors (Lipinski definition) is 4. The largest absolute Gasteiger partial charge is 0.490 e. The number of nitro groups is 1. The quantitative estimate of drug-likeness (QED) is 0.430. The van der Waals surface area contributed by atoms with Crippen LogP contribution in [-0.2, 0) is 5.33 Å². The van der Waals surface area contributed by atoms with Crippen LogP contribution >= 0.6 is 15.9 Å². The maximum atomic E-state index is 10.9. The summed E-state index contributed by atoms with van der Waals surface area (Å²) >= 11 is 3.25. The molecule has 5 nitrogen and oxygen atoms in total. The summed E-state index contributed by atoms with van der Waals surface area (Å²) in [6.45, 7) is 2.43. The smallest absolute Gasteiger partial charge is 0.273 e. The summed E-state index contributed by atoms with van der Waals surface area (Å²) in [5.74, 6) is 1.75. The van der Waals surface area contributed by atoms with Gasteiger partial charge in [0.25, 0.3) is 5.69 Å². The minimum Gasteiger partial charge on any atom is -0.490 e. The predicted molar refractivity (Wildman–Crippen MR) is 83.4 cm³/mol. The maximum Gasteiger partial charge on any atom is 0.273 e. The molecule has 0 N–H and O–H groups in total. The molecule has 0 atom stereocenters. The third-order valence-corrected chi connectivity index (χ3v) is 3.37. The van der Waals surface area contributed by atoms with Crippen molar-refractivity contribution in [3.63, 3.8) is 0 Å². The van der Waals surface area contributed by atoms with Gasteiger partial charge >= 0.3 is 0 Å². The summed E-state index contributed by atoms with van der Waals surface area (Å²) in [6.07, 6.45) is 0. The van der Waals surface area contributed by atoms with Gasteiger partial charge < -0.3 is 9.47 Å². The topological polar surface area (TPSA) is 61.6 Å². The van der Waals surface area contributed by atoms with E-state index in [1.807, 2.05) is 25.1 Å². The van der Waals surface area contributed by atoms with E-state index >= 15 is 0 Å². The maximum absolute atomic E-state index is 10.9. The van der Waals surface area contributed by atoms with Crippen molar-refractivity contribution >= 4 is 21.6 Å². The van der Waals surface area contributed by atoms with Crippen molar-refractivity contribution in [3.05, 3.63) is 58.1 Å². The Kier molecular flexibility index (Phi) is 5.16. The van der Waals surface area contributed by atoms with Crippen LogP contribution in [0.25, 0.3) is 0 Å². The van der Waals surface area contributed by atoms with E-state index in [1.54, 1.807) is 18.2 Å². The van der Waals surface area contributed by atoms with Crippen LogP contribution in [0.1, 0.15) is 12.5 Å². The molecule has 0 aliphatic rings. The molecule has 21 heavy (non-hydrogen) atoms. The van der Waals surface area contributed by atoms with Crippen LogP contribution in [0.3, 0.4) is 0 Å². The van der Waals surface area contributed by atoms with Crippen molar-refractivity contribution in [1.82, 2.24) is 0 Å². The lowest BCUT2D eigenvalue weighted by molar-refractivity contribution is -0.385. The zero-order valence-electron chi connectivity index (χ0n) is 11.4. The summed E-state index contributed by atoms with van der Waals surface area (Å²) in [6, 6.07) is 12.0. The molecule has 0 aliphatic carbocycles. The summed E-state index contributed by atoms with van der Waals surface area (Å²) in [7, 11) is 0. The second-order valence-corrected chi connectivity index (χ2v) is 4.72. The summed E-state index contributed by atoms with van der Waals surface area (Å²) in [5, 5.41) is 11.3. The van der Waals surface area contributed by atoms with E-state index in [2.05, 4.69) is 15.9 Å². The lowest BCUT2D eigenvalue weighted by Gasteiger charge is -2.11. The molecular formula is C15H14BrNO4. The molecule has 0 bridgehead atoms. The normalized spacial score (nSPS) is 10.2. The van der Waals surface area contributed by atoms with E-state index < -0.39 is 4.92 Å². The number of ether oxygens (including phenoxy) is 2. The monoisotopic (exact) mass is 351 g/mol. The molecule has 0 spiro atoms. The summed E-state index contributed by atoms with van der Waals surface area (Å²) in [5.41, 5.74) is 0.628. The Morgan fingerprint density at radius 1 is 1.19 bits per heavy atom. The Labute approximate surface area is 130 Å². The van der Waals surface area contributed by atoms with Crippen LogP contribution in [0.5, 0.6) is 17.2 Å². The number of alkyl halides is 1. The van der Waals surface area contributed by atoms with Crippen LogP contribution in [0.2, 0.25) is 0 Å². The van der Waals surface area contributed by atoms with Crippen molar-refractivity contribution in [2.24, 2.45) is 0 Å². The standard InChI is InChI=1S/C15H14BrNO4/c1-2-20-14-5-3-4-6-15(14)21-12-7-8-13(17(18)19)11(9-12)10-16/h3-9H,2,10H2,1H3. The highest BCUT2D eigenvalue weighted by molar-refractivity contribution is 9.08. The Morgan fingerprint density at radius 2 is 1.90 bits per heavy atom. The Hall–Kier alpha value is -2.08. The average molecular weight is 352 g/mol. The molecule has 0 saturated carbocycles. The number of nitrogens with zero attached hydrogens (tertiary/aromatic N) is 1. The van der Waals surface area contributed by atoms with Crippen molar-refractivity contribution in [3.8, 4) is 17.2 Å². The molecule has 110 valence electrons. The third-order valence-electron chi connectivity index (χ3n) is 2.77. The van der Waals surface area contributed by atoms with Gasteiger partial charge in [0.1, 0.15) is 5.75 Å². The molecule has 0 aromatic heterocycles. The molecule has 2 aromatic rings. The molecule has 0 fully saturated rings. The van der Waals surface area contributed by atoms with E-state index in [9.17, 15) is 10.1 Å². The van der Waals surface area contributed by atoms with Gasteiger partial charge in [-0.1, -0.05) is 28.1 Å². The fraction of sp³-hybridized carbons (Fsp3) is 0.200. The zero-order valence-corrected chi connectivity index (χ0v) is 13.0. The van der Waals surface area contributed by atoms with Crippen LogP contribution in [-0.4, -0.2) is 11.5 Å². The second-order valence-electron chi connectivity index (χ2n) is 4.16. The molecule has 2 rings (SSSR count).